The highest BCUT2D eigenvalue weighted by Gasteiger charge is 2.41. The van der Waals surface area contributed by atoms with Crippen molar-refractivity contribution < 1.29 is 13.5 Å². The zero-order valence-electron chi connectivity index (χ0n) is 14.5. The third-order valence-electron chi connectivity index (χ3n) is 4.39. The van der Waals surface area contributed by atoms with E-state index in [2.05, 4.69) is 4.90 Å². The maximum Gasteiger partial charge on any atom is 0.245 e. The fourth-order valence-corrected chi connectivity index (χ4v) is 4.78. The molecule has 5 nitrogen and oxygen atoms in total. The van der Waals surface area contributed by atoms with E-state index in [0.717, 1.165) is 0 Å². The van der Waals surface area contributed by atoms with Crippen LogP contribution in [0.15, 0.2) is 17.0 Å². The van der Waals surface area contributed by atoms with Crippen LogP contribution >= 0.6 is 11.6 Å². The molecule has 0 aromatic heterocycles. The van der Waals surface area contributed by atoms with Crippen LogP contribution in [0.3, 0.4) is 0 Å². The van der Waals surface area contributed by atoms with Crippen molar-refractivity contribution in [3.05, 3.63) is 17.2 Å². The summed E-state index contributed by atoms with van der Waals surface area (Å²) in [6, 6.07) is 2.63. The maximum absolute atomic E-state index is 13.0. The second-order valence-corrected chi connectivity index (χ2v) is 9.76. The van der Waals surface area contributed by atoms with Crippen molar-refractivity contribution in [3.63, 3.8) is 0 Å². The van der Waals surface area contributed by atoms with Crippen LogP contribution in [0, 0.1) is 5.92 Å². The fourth-order valence-electron chi connectivity index (χ4n) is 2.95. The molecule has 0 spiro atoms. The van der Waals surface area contributed by atoms with Gasteiger partial charge in [0.1, 0.15) is 10.6 Å². The number of nitrogens with zero attached hydrogens (tertiary/aromatic N) is 2. The molecule has 7 heteroatoms. The van der Waals surface area contributed by atoms with E-state index in [1.165, 1.54) is 10.4 Å². The van der Waals surface area contributed by atoms with E-state index >= 15 is 0 Å². The SMILES string of the molecule is CC(C)[C@@H]1CN(C(C)(C)C)c2cc(Cl)c(O)cc2S(=O)(=O)N1C. The molecule has 1 aromatic carbocycles. The van der Waals surface area contributed by atoms with Gasteiger partial charge in [0.05, 0.1) is 10.7 Å². The molecule has 0 aliphatic carbocycles. The van der Waals surface area contributed by atoms with Gasteiger partial charge >= 0.3 is 0 Å². The summed E-state index contributed by atoms with van der Waals surface area (Å²) in [4.78, 5) is 2.15. The Morgan fingerprint density at radius 3 is 2.35 bits per heavy atom. The van der Waals surface area contributed by atoms with E-state index in [1.54, 1.807) is 13.1 Å². The van der Waals surface area contributed by atoms with Gasteiger partial charge in [0.25, 0.3) is 0 Å². The number of hydrogen-bond acceptors (Lipinski definition) is 4. The molecule has 0 saturated heterocycles. The highest BCUT2D eigenvalue weighted by Crippen LogP contribution is 2.41. The van der Waals surface area contributed by atoms with Crippen molar-refractivity contribution in [1.82, 2.24) is 4.31 Å². The molecular formula is C16H25ClN2O3S. The van der Waals surface area contributed by atoms with Gasteiger partial charge in [-0.1, -0.05) is 25.4 Å². The summed E-state index contributed by atoms with van der Waals surface area (Å²) < 4.78 is 27.5. The van der Waals surface area contributed by atoms with Gasteiger partial charge in [-0.05, 0) is 32.8 Å². The van der Waals surface area contributed by atoms with Crippen LogP contribution in [0.4, 0.5) is 5.69 Å². The lowest BCUT2D eigenvalue weighted by Crippen LogP contribution is -2.50. The monoisotopic (exact) mass is 360 g/mol. The van der Waals surface area contributed by atoms with E-state index in [-0.39, 0.29) is 33.2 Å². The van der Waals surface area contributed by atoms with Gasteiger partial charge in [0.15, 0.2) is 0 Å². The molecule has 1 atom stereocenters. The van der Waals surface area contributed by atoms with Gasteiger partial charge in [-0.25, -0.2) is 8.42 Å². The lowest BCUT2D eigenvalue weighted by molar-refractivity contribution is 0.287. The Morgan fingerprint density at radius 1 is 1.30 bits per heavy atom. The summed E-state index contributed by atoms with van der Waals surface area (Å²) in [6.45, 7) is 10.7. The van der Waals surface area contributed by atoms with Gasteiger partial charge in [-0.3, -0.25) is 0 Å². The highest BCUT2D eigenvalue weighted by atomic mass is 35.5. The maximum atomic E-state index is 13.0. The Hall–Kier alpha value is -0.980. The van der Waals surface area contributed by atoms with E-state index in [4.69, 9.17) is 11.6 Å². The summed E-state index contributed by atoms with van der Waals surface area (Å²) in [6.07, 6.45) is 0. The minimum absolute atomic E-state index is 0.0972. The number of fused-ring (bicyclic) bond motifs is 1. The lowest BCUT2D eigenvalue weighted by Gasteiger charge is -2.40. The minimum Gasteiger partial charge on any atom is -0.506 e. The summed E-state index contributed by atoms with van der Waals surface area (Å²) >= 11 is 6.06. The molecule has 0 fully saturated rings. The number of hydrogen-bond donors (Lipinski definition) is 1. The second-order valence-electron chi connectivity index (χ2n) is 7.39. The van der Waals surface area contributed by atoms with Gasteiger partial charge in [0, 0.05) is 31.2 Å². The first-order chi connectivity index (χ1) is 10.4. The molecule has 1 aromatic rings. The fraction of sp³-hybridized carbons (Fsp3) is 0.625. The normalized spacial score (nSPS) is 22.1. The van der Waals surface area contributed by atoms with Crippen molar-refractivity contribution in [2.24, 2.45) is 5.92 Å². The first kappa shape index (κ1) is 18.4. The Bertz CT molecular complexity index is 711. The number of rotatable bonds is 1. The number of anilines is 1. The smallest absolute Gasteiger partial charge is 0.245 e. The van der Waals surface area contributed by atoms with Crippen LogP contribution < -0.4 is 4.90 Å². The van der Waals surface area contributed by atoms with Crippen LogP contribution in [0.2, 0.25) is 5.02 Å². The number of benzene rings is 1. The molecular weight excluding hydrogens is 336 g/mol. The minimum atomic E-state index is -3.71. The van der Waals surface area contributed by atoms with Crippen molar-refractivity contribution in [3.8, 4) is 5.75 Å². The van der Waals surface area contributed by atoms with Crippen molar-refractivity contribution >= 4 is 27.3 Å². The molecule has 0 unspecified atom stereocenters. The molecule has 2 rings (SSSR count). The Kier molecular flexibility index (Phi) is 4.65. The summed E-state index contributed by atoms with van der Waals surface area (Å²) in [5, 5.41) is 10.1. The van der Waals surface area contributed by atoms with Crippen LogP contribution in [0.5, 0.6) is 5.75 Å². The number of likely N-dealkylation sites (N-methyl/N-ethyl adjacent to an activating group) is 1. The molecule has 0 bridgehead atoms. The summed E-state index contributed by atoms with van der Waals surface area (Å²) in [7, 11) is -2.11. The van der Waals surface area contributed by atoms with E-state index in [0.29, 0.717) is 12.2 Å². The van der Waals surface area contributed by atoms with Crippen LogP contribution in [-0.4, -0.2) is 43.0 Å². The number of phenols is 1. The molecule has 130 valence electrons. The molecule has 0 radical (unpaired) electrons. The molecule has 1 heterocycles. The molecule has 23 heavy (non-hydrogen) atoms. The first-order valence-corrected chi connectivity index (χ1v) is 9.47. The average molecular weight is 361 g/mol. The standard InChI is InChI=1S/C16H25ClN2O3S/c1-10(2)13-9-19(16(3,4)5)12-7-11(17)14(20)8-15(12)23(21,22)18(13)6/h7-8,10,13,20H,9H2,1-6H3/t13-/m0/s1. The Balaban J connectivity index is 2.81. The summed E-state index contributed by atoms with van der Waals surface area (Å²) in [5.74, 6) is -0.0720. The number of halogens is 1. The number of phenolic OH excluding ortho intramolecular Hbond substituents is 1. The van der Waals surface area contributed by atoms with Crippen LogP contribution in [-0.2, 0) is 10.0 Å². The topological polar surface area (TPSA) is 60.9 Å². The van der Waals surface area contributed by atoms with Crippen molar-refractivity contribution in [2.75, 3.05) is 18.5 Å². The van der Waals surface area contributed by atoms with E-state index < -0.39 is 10.0 Å². The quantitative estimate of drug-likeness (QED) is 0.834. The predicted octanol–water partition coefficient (Wildman–Crippen LogP) is 3.31. The molecule has 1 N–H and O–H groups in total. The highest BCUT2D eigenvalue weighted by molar-refractivity contribution is 7.89. The summed E-state index contributed by atoms with van der Waals surface area (Å²) in [5.41, 5.74) is 0.249. The number of aromatic hydroxyl groups is 1. The average Bonchev–Trinajstić information content (AvgIpc) is 2.47. The molecule has 0 saturated carbocycles. The van der Waals surface area contributed by atoms with Gasteiger partial charge < -0.3 is 10.0 Å². The zero-order chi connectivity index (χ0) is 17.7. The third-order valence-corrected chi connectivity index (χ3v) is 6.61. The van der Waals surface area contributed by atoms with Gasteiger partial charge in [-0.2, -0.15) is 4.31 Å². The van der Waals surface area contributed by atoms with Crippen molar-refractivity contribution in [2.45, 2.75) is 51.1 Å². The predicted molar refractivity (Wildman–Crippen MR) is 93.8 cm³/mol. The molecule has 1 aliphatic heterocycles. The first-order valence-electron chi connectivity index (χ1n) is 7.65. The van der Waals surface area contributed by atoms with Crippen LogP contribution in [0.1, 0.15) is 34.6 Å². The van der Waals surface area contributed by atoms with Crippen LogP contribution in [0.25, 0.3) is 0 Å². The number of sulfonamides is 1. The molecule has 1 aliphatic rings. The van der Waals surface area contributed by atoms with Crippen molar-refractivity contribution in [1.29, 1.82) is 0 Å². The van der Waals surface area contributed by atoms with Gasteiger partial charge in [-0.15, -0.1) is 0 Å². The van der Waals surface area contributed by atoms with E-state index in [9.17, 15) is 13.5 Å². The van der Waals surface area contributed by atoms with Gasteiger partial charge in [0.2, 0.25) is 10.0 Å². The Morgan fingerprint density at radius 2 is 1.87 bits per heavy atom. The molecule has 0 amide bonds. The van der Waals surface area contributed by atoms with E-state index in [1.807, 2.05) is 34.6 Å². The Labute approximate surface area is 143 Å². The zero-order valence-corrected chi connectivity index (χ0v) is 16.0. The largest absolute Gasteiger partial charge is 0.506 e. The third kappa shape index (κ3) is 3.16. The lowest BCUT2D eigenvalue weighted by atomic mass is 9.98. The second kappa shape index (κ2) is 5.83.